The Kier molecular flexibility index (Phi) is 3.85. The first kappa shape index (κ1) is 13.5. The van der Waals surface area contributed by atoms with Gasteiger partial charge < -0.3 is 11.1 Å². The minimum Gasteiger partial charge on any atom is -0.398 e. The number of halogens is 1. The third-order valence-electron chi connectivity index (χ3n) is 2.83. The highest BCUT2D eigenvalue weighted by Gasteiger charge is 2.09. The molecule has 0 aliphatic carbocycles. The van der Waals surface area contributed by atoms with Gasteiger partial charge in [0, 0.05) is 28.2 Å². The van der Waals surface area contributed by atoms with Gasteiger partial charge in [-0.2, -0.15) is 0 Å². The van der Waals surface area contributed by atoms with Crippen LogP contribution < -0.4 is 11.1 Å². The molecule has 4 nitrogen and oxygen atoms in total. The lowest BCUT2D eigenvalue weighted by atomic mass is 10.1. The zero-order chi connectivity index (χ0) is 14.0. The molecule has 1 aromatic heterocycles. The number of nitrogen functional groups attached to an aromatic ring is 1. The number of nitrogens with one attached hydrogen (secondary N) is 1. The van der Waals surface area contributed by atoms with E-state index in [0.717, 1.165) is 15.6 Å². The maximum atomic E-state index is 12.1. The summed E-state index contributed by atoms with van der Waals surface area (Å²) in [5.41, 5.74) is 9.70. The van der Waals surface area contributed by atoms with E-state index in [1.165, 1.54) is 6.20 Å². The highest BCUT2D eigenvalue weighted by molar-refractivity contribution is 9.10. The van der Waals surface area contributed by atoms with Crippen LogP contribution in [0, 0.1) is 13.8 Å². The van der Waals surface area contributed by atoms with E-state index in [1.807, 2.05) is 19.9 Å². The van der Waals surface area contributed by atoms with E-state index >= 15 is 0 Å². The first-order valence-corrected chi connectivity index (χ1v) is 6.55. The molecule has 0 aliphatic heterocycles. The van der Waals surface area contributed by atoms with Crippen LogP contribution in [0.25, 0.3) is 0 Å². The normalized spacial score (nSPS) is 10.3. The Balaban J connectivity index is 2.27. The first-order chi connectivity index (χ1) is 8.97. The summed E-state index contributed by atoms with van der Waals surface area (Å²) in [5, 5.41) is 2.84. The summed E-state index contributed by atoms with van der Waals surface area (Å²) in [5.74, 6) is -0.208. The van der Waals surface area contributed by atoms with Gasteiger partial charge in [-0.3, -0.25) is 9.78 Å². The number of hydrogen-bond acceptors (Lipinski definition) is 3. The maximum absolute atomic E-state index is 12.1. The predicted molar refractivity (Wildman–Crippen MR) is 80.2 cm³/mol. The van der Waals surface area contributed by atoms with Crippen LogP contribution in [0.15, 0.2) is 35.1 Å². The lowest BCUT2D eigenvalue weighted by Crippen LogP contribution is -2.13. The van der Waals surface area contributed by atoms with Crippen molar-refractivity contribution in [2.75, 3.05) is 11.1 Å². The van der Waals surface area contributed by atoms with E-state index in [1.54, 1.807) is 18.3 Å². The Labute approximate surface area is 120 Å². The second kappa shape index (κ2) is 5.40. The van der Waals surface area contributed by atoms with Gasteiger partial charge in [-0.15, -0.1) is 0 Å². The standard InChI is InChI=1S/C14H14BrN3O/c1-8-3-9(2)13(5-12(8)16)18-14(19)10-4-11(15)7-17-6-10/h3-7H,16H2,1-2H3,(H,18,19). The largest absolute Gasteiger partial charge is 0.398 e. The van der Waals surface area contributed by atoms with Gasteiger partial charge in [0.25, 0.3) is 5.91 Å². The fourth-order valence-corrected chi connectivity index (χ4v) is 2.10. The molecule has 5 heteroatoms. The second-order valence-corrected chi connectivity index (χ2v) is 5.29. The average molecular weight is 320 g/mol. The minimum atomic E-state index is -0.208. The average Bonchev–Trinajstić information content (AvgIpc) is 2.36. The summed E-state index contributed by atoms with van der Waals surface area (Å²) in [7, 11) is 0. The molecule has 3 N–H and O–H groups in total. The Morgan fingerprint density at radius 1 is 1.21 bits per heavy atom. The Morgan fingerprint density at radius 2 is 1.95 bits per heavy atom. The molecule has 0 saturated carbocycles. The fraction of sp³-hybridized carbons (Fsp3) is 0.143. The maximum Gasteiger partial charge on any atom is 0.257 e. The van der Waals surface area contributed by atoms with E-state index in [-0.39, 0.29) is 5.91 Å². The smallest absolute Gasteiger partial charge is 0.257 e. The highest BCUT2D eigenvalue weighted by atomic mass is 79.9. The van der Waals surface area contributed by atoms with Gasteiger partial charge in [-0.1, -0.05) is 6.07 Å². The summed E-state index contributed by atoms with van der Waals surface area (Å²) in [4.78, 5) is 16.1. The molecule has 0 atom stereocenters. The van der Waals surface area contributed by atoms with Crippen LogP contribution in [0.3, 0.4) is 0 Å². The predicted octanol–water partition coefficient (Wildman–Crippen LogP) is 3.30. The van der Waals surface area contributed by atoms with Crippen LogP contribution >= 0.6 is 15.9 Å². The molecule has 0 radical (unpaired) electrons. The second-order valence-electron chi connectivity index (χ2n) is 4.37. The van der Waals surface area contributed by atoms with Crippen molar-refractivity contribution in [2.24, 2.45) is 0 Å². The topological polar surface area (TPSA) is 68.0 Å². The van der Waals surface area contributed by atoms with Gasteiger partial charge in [-0.25, -0.2) is 0 Å². The van der Waals surface area contributed by atoms with Gasteiger partial charge in [0.1, 0.15) is 0 Å². The number of benzene rings is 1. The van der Waals surface area contributed by atoms with Crippen molar-refractivity contribution in [3.05, 3.63) is 51.8 Å². The highest BCUT2D eigenvalue weighted by Crippen LogP contribution is 2.23. The number of pyridine rings is 1. The molecular weight excluding hydrogens is 306 g/mol. The van der Waals surface area contributed by atoms with Gasteiger partial charge in [0.15, 0.2) is 0 Å². The Morgan fingerprint density at radius 3 is 2.63 bits per heavy atom. The van der Waals surface area contributed by atoms with Gasteiger partial charge in [0.2, 0.25) is 0 Å². The number of aryl methyl sites for hydroxylation is 2. The summed E-state index contributed by atoms with van der Waals surface area (Å²) >= 11 is 3.29. The van der Waals surface area contributed by atoms with Crippen LogP contribution in [0.4, 0.5) is 11.4 Å². The number of hydrogen-bond donors (Lipinski definition) is 2. The molecule has 0 spiro atoms. The molecule has 0 aliphatic rings. The summed E-state index contributed by atoms with van der Waals surface area (Å²) in [6.45, 7) is 3.87. The molecule has 98 valence electrons. The van der Waals surface area contributed by atoms with Crippen molar-refractivity contribution in [3.63, 3.8) is 0 Å². The van der Waals surface area contributed by atoms with Crippen molar-refractivity contribution < 1.29 is 4.79 Å². The number of carbonyl (C=O) groups is 1. The number of amides is 1. The Bertz CT molecular complexity index is 641. The molecule has 0 unspecified atom stereocenters. The van der Waals surface area contributed by atoms with Gasteiger partial charge in [-0.05, 0) is 53.0 Å². The van der Waals surface area contributed by atoms with Gasteiger partial charge >= 0.3 is 0 Å². The molecule has 2 rings (SSSR count). The molecule has 0 saturated heterocycles. The van der Waals surface area contributed by atoms with E-state index in [4.69, 9.17) is 5.73 Å². The summed E-state index contributed by atoms with van der Waals surface area (Å²) < 4.78 is 0.764. The van der Waals surface area contributed by atoms with E-state index in [2.05, 4.69) is 26.2 Å². The van der Waals surface area contributed by atoms with Crippen LogP contribution in [0.2, 0.25) is 0 Å². The zero-order valence-corrected chi connectivity index (χ0v) is 12.3. The van der Waals surface area contributed by atoms with Crippen LogP contribution in [0.5, 0.6) is 0 Å². The van der Waals surface area contributed by atoms with E-state index < -0.39 is 0 Å². The number of carbonyl (C=O) groups excluding carboxylic acids is 1. The van der Waals surface area contributed by atoms with Crippen LogP contribution in [-0.2, 0) is 0 Å². The molecule has 2 aromatic rings. The number of nitrogens with two attached hydrogens (primary N) is 1. The number of anilines is 2. The van der Waals surface area contributed by atoms with Crippen molar-refractivity contribution in [1.29, 1.82) is 0 Å². The van der Waals surface area contributed by atoms with Crippen molar-refractivity contribution in [3.8, 4) is 0 Å². The summed E-state index contributed by atoms with van der Waals surface area (Å²) in [6.07, 6.45) is 3.15. The van der Waals surface area contributed by atoms with Crippen molar-refractivity contribution in [1.82, 2.24) is 4.98 Å². The summed E-state index contributed by atoms with van der Waals surface area (Å²) in [6, 6.07) is 5.44. The van der Waals surface area contributed by atoms with E-state index in [9.17, 15) is 4.79 Å². The molecule has 1 amide bonds. The number of aromatic nitrogens is 1. The quantitative estimate of drug-likeness (QED) is 0.834. The molecule has 0 bridgehead atoms. The molecule has 1 aromatic carbocycles. The van der Waals surface area contributed by atoms with Crippen LogP contribution in [0.1, 0.15) is 21.5 Å². The molecule has 19 heavy (non-hydrogen) atoms. The number of rotatable bonds is 2. The zero-order valence-electron chi connectivity index (χ0n) is 10.7. The minimum absolute atomic E-state index is 0.208. The Hall–Kier alpha value is -1.88. The number of nitrogens with zero attached hydrogens (tertiary/aromatic N) is 1. The lowest BCUT2D eigenvalue weighted by Gasteiger charge is -2.11. The van der Waals surface area contributed by atoms with E-state index in [0.29, 0.717) is 16.9 Å². The molecular formula is C14H14BrN3O. The van der Waals surface area contributed by atoms with Crippen molar-refractivity contribution in [2.45, 2.75) is 13.8 Å². The molecule has 1 heterocycles. The monoisotopic (exact) mass is 319 g/mol. The SMILES string of the molecule is Cc1cc(C)c(NC(=O)c2cncc(Br)c2)cc1N. The lowest BCUT2D eigenvalue weighted by molar-refractivity contribution is 0.102. The van der Waals surface area contributed by atoms with Crippen LogP contribution in [-0.4, -0.2) is 10.9 Å². The van der Waals surface area contributed by atoms with Crippen molar-refractivity contribution >= 4 is 33.2 Å². The third-order valence-corrected chi connectivity index (χ3v) is 3.26. The van der Waals surface area contributed by atoms with Gasteiger partial charge in [0.05, 0.1) is 5.56 Å². The fourth-order valence-electron chi connectivity index (χ4n) is 1.73. The first-order valence-electron chi connectivity index (χ1n) is 5.76. The molecule has 0 fully saturated rings. The third kappa shape index (κ3) is 3.12.